The Morgan fingerprint density at radius 2 is 1.70 bits per heavy atom. The third-order valence-electron chi connectivity index (χ3n) is 4.55. The van der Waals surface area contributed by atoms with Crippen LogP contribution in [0.25, 0.3) is 0 Å². The van der Waals surface area contributed by atoms with Crippen molar-refractivity contribution in [3.8, 4) is 0 Å². The van der Waals surface area contributed by atoms with Gasteiger partial charge in [-0.3, -0.25) is 19.3 Å². The summed E-state index contributed by atoms with van der Waals surface area (Å²) in [6, 6.07) is 12.4. The molecule has 140 valence electrons. The van der Waals surface area contributed by atoms with Crippen LogP contribution in [0.2, 0.25) is 5.02 Å². The maximum Gasteiger partial charge on any atom is 0.263 e. The highest BCUT2D eigenvalue weighted by Gasteiger charge is 2.37. The zero-order valence-electron chi connectivity index (χ0n) is 15.5. The van der Waals surface area contributed by atoms with Crippen molar-refractivity contribution in [3.05, 3.63) is 64.2 Å². The quantitative estimate of drug-likeness (QED) is 0.801. The maximum atomic E-state index is 12.4. The van der Waals surface area contributed by atoms with Crippen molar-refractivity contribution in [2.75, 3.05) is 11.9 Å². The highest BCUT2D eigenvalue weighted by Crippen LogP contribution is 2.29. The second-order valence-corrected chi connectivity index (χ2v) is 7.96. The Kier molecular flexibility index (Phi) is 5.07. The number of fused-ring (bicyclic) bond motifs is 1. The minimum Gasteiger partial charge on any atom is -0.326 e. The first-order chi connectivity index (χ1) is 12.7. The Hall–Kier alpha value is -2.66. The number of carbonyl (C=O) groups is 3. The fourth-order valence-electron chi connectivity index (χ4n) is 2.99. The van der Waals surface area contributed by atoms with E-state index in [1.807, 2.05) is 24.3 Å². The van der Waals surface area contributed by atoms with Crippen LogP contribution in [-0.2, 0) is 10.2 Å². The average Bonchev–Trinajstić information content (AvgIpc) is 2.85. The summed E-state index contributed by atoms with van der Waals surface area (Å²) in [5, 5.41) is 3.04. The van der Waals surface area contributed by atoms with Crippen LogP contribution >= 0.6 is 11.6 Å². The first-order valence-electron chi connectivity index (χ1n) is 8.73. The molecule has 2 aromatic rings. The fourth-order valence-corrected chi connectivity index (χ4v) is 3.24. The summed E-state index contributed by atoms with van der Waals surface area (Å²) in [5.41, 5.74) is 2.38. The predicted octanol–water partition coefficient (Wildman–Crippen LogP) is 4.26. The second kappa shape index (κ2) is 7.16. The van der Waals surface area contributed by atoms with E-state index in [1.54, 1.807) is 18.2 Å². The van der Waals surface area contributed by atoms with Gasteiger partial charge in [0.2, 0.25) is 5.91 Å². The SMILES string of the molecule is CC(C)(C)c1ccc(NC(=O)CCN2C(=O)c3cccc(Cl)c3C2=O)cc1. The highest BCUT2D eigenvalue weighted by molar-refractivity contribution is 6.37. The molecule has 0 bridgehead atoms. The molecule has 27 heavy (non-hydrogen) atoms. The molecule has 1 aliphatic rings. The lowest BCUT2D eigenvalue weighted by atomic mass is 9.87. The number of hydrogen-bond acceptors (Lipinski definition) is 3. The van der Waals surface area contributed by atoms with Crippen LogP contribution in [0.1, 0.15) is 53.5 Å². The van der Waals surface area contributed by atoms with E-state index in [4.69, 9.17) is 11.6 Å². The van der Waals surface area contributed by atoms with Gasteiger partial charge in [-0.2, -0.15) is 0 Å². The van der Waals surface area contributed by atoms with Crippen LogP contribution in [0.3, 0.4) is 0 Å². The van der Waals surface area contributed by atoms with Gasteiger partial charge >= 0.3 is 0 Å². The van der Waals surface area contributed by atoms with Crippen molar-refractivity contribution < 1.29 is 14.4 Å². The molecule has 0 spiro atoms. The van der Waals surface area contributed by atoms with Gasteiger partial charge in [0.25, 0.3) is 11.8 Å². The molecule has 0 saturated carbocycles. The summed E-state index contributed by atoms with van der Waals surface area (Å²) in [5.74, 6) is -1.14. The van der Waals surface area contributed by atoms with Gasteiger partial charge in [-0.1, -0.05) is 50.6 Å². The number of rotatable bonds is 4. The molecule has 0 radical (unpaired) electrons. The van der Waals surface area contributed by atoms with Gasteiger partial charge in [0, 0.05) is 18.7 Å². The standard InChI is InChI=1S/C21H21ClN2O3/c1-21(2,3)13-7-9-14(10-8-13)23-17(25)11-12-24-19(26)15-5-4-6-16(22)18(15)20(24)27/h4-10H,11-12H2,1-3H3,(H,23,25). The Balaban J connectivity index is 1.61. The average molecular weight is 385 g/mol. The van der Waals surface area contributed by atoms with E-state index >= 15 is 0 Å². The summed E-state index contributed by atoms with van der Waals surface area (Å²) in [7, 11) is 0. The van der Waals surface area contributed by atoms with E-state index in [-0.39, 0.29) is 40.4 Å². The van der Waals surface area contributed by atoms with E-state index < -0.39 is 11.8 Å². The van der Waals surface area contributed by atoms with Gasteiger partial charge in [-0.25, -0.2) is 0 Å². The number of nitrogens with one attached hydrogen (secondary N) is 1. The molecular formula is C21H21ClN2O3. The first-order valence-corrected chi connectivity index (χ1v) is 9.11. The van der Waals surface area contributed by atoms with Gasteiger partial charge in [0.05, 0.1) is 16.1 Å². The summed E-state index contributed by atoms with van der Waals surface area (Å²) in [6.45, 7) is 6.37. The fraction of sp³-hybridized carbons (Fsp3) is 0.286. The summed E-state index contributed by atoms with van der Waals surface area (Å²) in [6.07, 6.45) is 0.0180. The topological polar surface area (TPSA) is 66.5 Å². The van der Waals surface area contributed by atoms with Crippen molar-refractivity contribution in [2.45, 2.75) is 32.6 Å². The van der Waals surface area contributed by atoms with E-state index in [1.165, 1.54) is 5.56 Å². The van der Waals surface area contributed by atoms with Gasteiger partial charge in [0.15, 0.2) is 0 Å². The molecule has 0 aromatic heterocycles. The number of amides is 3. The molecular weight excluding hydrogens is 364 g/mol. The molecule has 0 unspecified atom stereocenters. The number of hydrogen-bond donors (Lipinski definition) is 1. The van der Waals surface area contributed by atoms with Crippen LogP contribution in [0.4, 0.5) is 5.69 Å². The summed E-state index contributed by atoms with van der Waals surface area (Å²) < 4.78 is 0. The third-order valence-corrected chi connectivity index (χ3v) is 4.86. The van der Waals surface area contributed by atoms with Crippen molar-refractivity contribution in [3.63, 3.8) is 0 Å². The normalized spacial score (nSPS) is 13.7. The number of carbonyl (C=O) groups excluding carboxylic acids is 3. The van der Waals surface area contributed by atoms with Crippen LogP contribution < -0.4 is 5.32 Å². The van der Waals surface area contributed by atoms with Gasteiger partial charge in [-0.15, -0.1) is 0 Å². The van der Waals surface area contributed by atoms with Crippen molar-refractivity contribution in [1.29, 1.82) is 0 Å². The zero-order chi connectivity index (χ0) is 19.8. The molecule has 6 heteroatoms. The Morgan fingerprint density at radius 1 is 1.04 bits per heavy atom. The first kappa shape index (κ1) is 19.1. The van der Waals surface area contributed by atoms with E-state index in [9.17, 15) is 14.4 Å². The molecule has 0 saturated heterocycles. The monoisotopic (exact) mass is 384 g/mol. The molecule has 0 fully saturated rings. The van der Waals surface area contributed by atoms with Crippen LogP contribution in [0.5, 0.6) is 0 Å². The number of benzene rings is 2. The smallest absolute Gasteiger partial charge is 0.263 e. The molecule has 1 aliphatic heterocycles. The minimum atomic E-state index is -0.456. The predicted molar refractivity (Wildman–Crippen MR) is 105 cm³/mol. The molecule has 3 amide bonds. The third kappa shape index (κ3) is 3.88. The lowest BCUT2D eigenvalue weighted by Gasteiger charge is -2.19. The van der Waals surface area contributed by atoms with E-state index in [0.29, 0.717) is 5.69 Å². The van der Waals surface area contributed by atoms with Crippen molar-refractivity contribution in [1.82, 2.24) is 4.90 Å². The maximum absolute atomic E-state index is 12.4. The minimum absolute atomic E-state index is 0.00852. The van der Waals surface area contributed by atoms with Gasteiger partial charge in [0.1, 0.15) is 0 Å². The largest absolute Gasteiger partial charge is 0.326 e. The Labute approximate surface area is 163 Å². The van der Waals surface area contributed by atoms with E-state index in [2.05, 4.69) is 26.1 Å². The molecule has 5 nitrogen and oxygen atoms in total. The zero-order valence-corrected chi connectivity index (χ0v) is 16.3. The summed E-state index contributed by atoms with van der Waals surface area (Å²) in [4.78, 5) is 38.1. The van der Waals surface area contributed by atoms with Gasteiger partial charge in [-0.05, 0) is 35.2 Å². The van der Waals surface area contributed by atoms with E-state index in [0.717, 1.165) is 4.90 Å². The molecule has 0 atom stereocenters. The molecule has 3 rings (SSSR count). The molecule has 1 heterocycles. The van der Waals surface area contributed by atoms with Crippen LogP contribution in [-0.4, -0.2) is 29.2 Å². The molecule has 0 aliphatic carbocycles. The number of halogens is 1. The Morgan fingerprint density at radius 3 is 2.30 bits per heavy atom. The van der Waals surface area contributed by atoms with Gasteiger partial charge < -0.3 is 5.32 Å². The summed E-state index contributed by atoms with van der Waals surface area (Å²) >= 11 is 6.03. The molecule has 1 N–H and O–H groups in total. The lowest BCUT2D eigenvalue weighted by molar-refractivity contribution is -0.116. The highest BCUT2D eigenvalue weighted by atomic mass is 35.5. The Bertz CT molecular complexity index is 914. The van der Waals surface area contributed by atoms with Crippen LogP contribution in [0.15, 0.2) is 42.5 Å². The number of nitrogens with zero attached hydrogens (tertiary/aromatic N) is 1. The van der Waals surface area contributed by atoms with Crippen LogP contribution in [0, 0.1) is 0 Å². The second-order valence-electron chi connectivity index (χ2n) is 7.55. The van der Waals surface area contributed by atoms with Crippen molar-refractivity contribution >= 4 is 35.0 Å². The molecule has 2 aromatic carbocycles. The van der Waals surface area contributed by atoms with Crippen molar-refractivity contribution in [2.24, 2.45) is 0 Å². The lowest BCUT2D eigenvalue weighted by Crippen LogP contribution is -2.32. The number of imide groups is 1. The number of anilines is 1.